The zero-order valence-corrected chi connectivity index (χ0v) is 17.7. The molecule has 1 saturated heterocycles. The van der Waals surface area contributed by atoms with Gasteiger partial charge in [0.15, 0.2) is 5.58 Å². The predicted molar refractivity (Wildman–Crippen MR) is 115 cm³/mol. The molecular formula is C23H27N3O5. The van der Waals surface area contributed by atoms with Crippen LogP contribution >= 0.6 is 0 Å². The van der Waals surface area contributed by atoms with E-state index < -0.39 is 5.76 Å². The molecule has 0 radical (unpaired) electrons. The first-order valence-corrected chi connectivity index (χ1v) is 10.7. The average molecular weight is 425 g/mol. The Morgan fingerprint density at radius 2 is 2.00 bits per heavy atom. The summed E-state index contributed by atoms with van der Waals surface area (Å²) in [5.41, 5.74) is 1.83. The maximum absolute atomic E-state index is 12.9. The van der Waals surface area contributed by atoms with Crippen LogP contribution in [0, 0.1) is 0 Å². The molecule has 4 rings (SSSR count). The third kappa shape index (κ3) is 4.57. The summed E-state index contributed by atoms with van der Waals surface area (Å²) in [6, 6.07) is 10.9. The summed E-state index contributed by atoms with van der Waals surface area (Å²) in [4.78, 5) is 39.0. The molecule has 1 unspecified atom stereocenters. The number of hydrogen-bond donors (Lipinski definition) is 0. The van der Waals surface area contributed by atoms with E-state index in [0.717, 1.165) is 25.8 Å². The van der Waals surface area contributed by atoms with E-state index in [-0.39, 0.29) is 37.5 Å². The van der Waals surface area contributed by atoms with Gasteiger partial charge in [-0.2, -0.15) is 0 Å². The highest BCUT2D eigenvalue weighted by atomic mass is 16.5. The van der Waals surface area contributed by atoms with Crippen molar-refractivity contribution in [1.82, 2.24) is 14.0 Å². The number of esters is 1. The number of carbonyl (C=O) groups excluding carboxylic acids is 2. The Hall–Kier alpha value is -3.29. The molecule has 1 aromatic carbocycles. The summed E-state index contributed by atoms with van der Waals surface area (Å²) in [6.07, 6.45) is 5.51. The van der Waals surface area contributed by atoms with Crippen LogP contribution in [0.2, 0.25) is 0 Å². The molecule has 164 valence electrons. The van der Waals surface area contributed by atoms with E-state index in [1.54, 1.807) is 18.2 Å². The number of ether oxygens (including phenoxy) is 1. The van der Waals surface area contributed by atoms with Crippen LogP contribution in [-0.4, -0.2) is 45.1 Å². The van der Waals surface area contributed by atoms with E-state index in [1.807, 2.05) is 40.9 Å². The molecule has 0 bridgehead atoms. The van der Waals surface area contributed by atoms with Crippen molar-refractivity contribution in [2.24, 2.45) is 7.05 Å². The van der Waals surface area contributed by atoms with E-state index >= 15 is 0 Å². The number of fused-ring (bicyclic) bond motifs is 1. The number of likely N-dealkylation sites (tertiary alicyclic amines) is 1. The molecule has 1 fully saturated rings. The largest absolute Gasteiger partial charge is 0.466 e. The third-order valence-corrected chi connectivity index (χ3v) is 5.88. The fraction of sp³-hybridized carbons (Fsp3) is 0.435. The van der Waals surface area contributed by atoms with E-state index in [9.17, 15) is 14.4 Å². The second kappa shape index (κ2) is 9.24. The highest BCUT2D eigenvalue weighted by molar-refractivity contribution is 5.93. The molecule has 2 aromatic heterocycles. The molecule has 31 heavy (non-hydrogen) atoms. The predicted octanol–water partition coefficient (Wildman–Crippen LogP) is 2.95. The number of carbonyl (C=O) groups is 2. The van der Waals surface area contributed by atoms with Crippen molar-refractivity contribution in [3.8, 4) is 0 Å². The van der Waals surface area contributed by atoms with Crippen LogP contribution in [0.5, 0.6) is 0 Å². The van der Waals surface area contributed by atoms with Gasteiger partial charge in [-0.3, -0.25) is 14.2 Å². The molecule has 0 N–H and O–H groups in total. The second-order valence-corrected chi connectivity index (χ2v) is 7.90. The lowest BCUT2D eigenvalue weighted by molar-refractivity contribution is -0.144. The summed E-state index contributed by atoms with van der Waals surface area (Å²) in [7, 11) is 1.86. The Bertz CT molecular complexity index is 1130. The maximum Gasteiger partial charge on any atom is 0.419 e. The highest BCUT2D eigenvalue weighted by Crippen LogP contribution is 2.22. The molecule has 1 atom stereocenters. The molecular weight excluding hydrogens is 398 g/mol. The molecule has 8 heteroatoms. The van der Waals surface area contributed by atoms with Gasteiger partial charge >= 0.3 is 11.7 Å². The number of hydrogen-bond acceptors (Lipinski definition) is 5. The molecule has 8 nitrogen and oxygen atoms in total. The van der Waals surface area contributed by atoms with Crippen LogP contribution in [0.15, 0.2) is 51.8 Å². The fourth-order valence-electron chi connectivity index (χ4n) is 4.21. The summed E-state index contributed by atoms with van der Waals surface area (Å²) in [5, 5.41) is 0. The topological polar surface area (TPSA) is 86.7 Å². The minimum atomic E-state index is -0.481. The zero-order valence-electron chi connectivity index (χ0n) is 17.7. The zero-order chi connectivity index (χ0) is 21.8. The van der Waals surface area contributed by atoms with Gasteiger partial charge in [0.2, 0.25) is 0 Å². The molecule has 3 aromatic rings. The average Bonchev–Trinajstić information content (AvgIpc) is 3.34. The first-order valence-electron chi connectivity index (χ1n) is 10.7. The summed E-state index contributed by atoms with van der Waals surface area (Å²) in [6.45, 7) is 1.18. The molecule has 0 spiro atoms. The summed E-state index contributed by atoms with van der Waals surface area (Å²) >= 11 is 0. The van der Waals surface area contributed by atoms with Gasteiger partial charge in [0, 0.05) is 38.8 Å². The van der Waals surface area contributed by atoms with Crippen LogP contribution in [0.25, 0.3) is 11.1 Å². The number of rotatable bonds is 7. The number of aryl methyl sites for hydroxylation is 2. The van der Waals surface area contributed by atoms with Crippen molar-refractivity contribution in [2.75, 3.05) is 13.2 Å². The van der Waals surface area contributed by atoms with Crippen molar-refractivity contribution in [3.63, 3.8) is 0 Å². The van der Waals surface area contributed by atoms with Gasteiger partial charge in [0.25, 0.3) is 5.91 Å². The van der Waals surface area contributed by atoms with E-state index in [4.69, 9.17) is 9.15 Å². The van der Waals surface area contributed by atoms with Gasteiger partial charge < -0.3 is 18.6 Å². The van der Waals surface area contributed by atoms with E-state index in [1.165, 1.54) is 4.57 Å². The number of piperidine rings is 1. The van der Waals surface area contributed by atoms with Gasteiger partial charge in [-0.05, 0) is 43.5 Å². The Balaban J connectivity index is 1.29. The number of benzene rings is 1. The lowest BCUT2D eigenvalue weighted by Gasteiger charge is -2.35. The Morgan fingerprint density at radius 1 is 1.16 bits per heavy atom. The van der Waals surface area contributed by atoms with Gasteiger partial charge in [-0.1, -0.05) is 12.1 Å². The first kappa shape index (κ1) is 21.0. The van der Waals surface area contributed by atoms with Gasteiger partial charge in [-0.25, -0.2) is 4.79 Å². The molecule has 0 aliphatic carbocycles. The molecule has 1 aliphatic rings. The van der Waals surface area contributed by atoms with Gasteiger partial charge in [0.05, 0.1) is 18.5 Å². The Kier molecular flexibility index (Phi) is 6.25. The van der Waals surface area contributed by atoms with E-state index in [0.29, 0.717) is 23.2 Å². The third-order valence-electron chi connectivity index (χ3n) is 5.88. The smallest absolute Gasteiger partial charge is 0.419 e. The lowest BCUT2D eigenvalue weighted by atomic mass is 9.99. The minimum absolute atomic E-state index is 0.0229. The summed E-state index contributed by atoms with van der Waals surface area (Å²) < 4.78 is 13.9. The number of oxazole rings is 1. The van der Waals surface area contributed by atoms with Crippen LogP contribution < -0.4 is 5.76 Å². The maximum atomic E-state index is 12.9. The lowest BCUT2D eigenvalue weighted by Crippen LogP contribution is -2.44. The number of amides is 1. The van der Waals surface area contributed by atoms with Gasteiger partial charge in [0.1, 0.15) is 5.69 Å². The van der Waals surface area contributed by atoms with Crippen molar-refractivity contribution in [3.05, 3.63) is 58.8 Å². The van der Waals surface area contributed by atoms with E-state index in [2.05, 4.69) is 0 Å². The molecule has 1 aliphatic heterocycles. The normalized spacial score (nSPS) is 16.5. The Morgan fingerprint density at radius 3 is 2.81 bits per heavy atom. The van der Waals surface area contributed by atoms with Crippen LogP contribution in [-0.2, 0) is 23.1 Å². The fourth-order valence-corrected chi connectivity index (χ4v) is 4.21. The van der Waals surface area contributed by atoms with Crippen LogP contribution in [0.1, 0.15) is 42.6 Å². The van der Waals surface area contributed by atoms with Crippen molar-refractivity contribution in [2.45, 2.75) is 44.7 Å². The minimum Gasteiger partial charge on any atom is -0.466 e. The molecule has 0 saturated carbocycles. The first-order chi connectivity index (χ1) is 15.0. The van der Waals surface area contributed by atoms with Crippen molar-refractivity contribution >= 4 is 23.0 Å². The molecule has 1 amide bonds. The highest BCUT2D eigenvalue weighted by Gasteiger charge is 2.28. The number of para-hydroxylation sites is 2. The quantitative estimate of drug-likeness (QED) is 0.543. The summed E-state index contributed by atoms with van der Waals surface area (Å²) in [5.74, 6) is -0.825. The van der Waals surface area contributed by atoms with Crippen molar-refractivity contribution in [1.29, 1.82) is 0 Å². The van der Waals surface area contributed by atoms with Crippen molar-refractivity contribution < 1.29 is 18.7 Å². The van der Waals surface area contributed by atoms with Gasteiger partial charge in [-0.15, -0.1) is 0 Å². The SMILES string of the molecule is Cn1cccc1C(=O)N1CCCCC1CCOC(=O)CCn1c(=O)oc2ccccc21. The Labute approximate surface area is 180 Å². The second-order valence-electron chi connectivity index (χ2n) is 7.90. The standard InChI is InChI=1S/C23H27N3O5/c1-24-13-6-9-19(24)22(28)25-14-5-4-7-17(25)12-16-30-21(27)11-15-26-18-8-2-3-10-20(18)31-23(26)29/h2-3,6,8-10,13,17H,4-5,7,11-12,14-16H2,1H3. The number of aromatic nitrogens is 2. The molecule has 3 heterocycles. The van der Waals surface area contributed by atoms with Crippen LogP contribution in [0.3, 0.4) is 0 Å². The monoisotopic (exact) mass is 425 g/mol. The van der Waals surface area contributed by atoms with Crippen LogP contribution in [0.4, 0.5) is 0 Å². The number of nitrogens with zero attached hydrogens (tertiary/aromatic N) is 3.